The molecule has 104 valence electrons. The van der Waals surface area contributed by atoms with Crippen molar-refractivity contribution in [2.24, 2.45) is 0 Å². The third-order valence-electron chi connectivity index (χ3n) is 2.91. The van der Waals surface area contributed by atoms with Crippen LogP contribution in [0.5, 0.6) is 0 Å². The first-order valence-corrected chi connectivity index (χ1v) is 6.77. The van der Waals surface area contributed by atoms with Crippen LogP contribution in [0.4, 0.5) is 0 Å². The number of rotatable bonds is 4. The minimum Gasteiger partial charge on any atom is -0.497 e. The Kier molecular flexibility index (Phi) is 8.34. The molecule has 18 heavy (non-hydrogen) atoms. The molecule has 2 atom stereocenters. The Bertz CT molecular complexity index is 228. The fourth-order valence-corrected chi connectivity index (χ4v) is 1.93. The first-order chi connectivity index (χ1) is 8.86. The highest BCUT2D eigenvalue weighted by Gasteiger charge is 2.08. The van der Waals surface area contributed by atoms with Gasteiger partial charge in [0.25, 0.3) is 0 Å². The molecule has 0 bridgehead atoms. The van der Waals surface area contributed by atoms with Crippen LogP contribution in [0.2, 0.25) is 0 Å². The fraction of sp³-hybridized carbons (Fsp3) is 0.714. The molecule has 2 N–H and O–H groups in total. The maximum atomic E-state index is 5.28. The predicted octanol–water partition coefficient (Wildman–Crippen LogP) is 1.80. The minimum atomic E-state index is 0.403. The third-order valence-corrected chi connectivity index (χ3v) is 2.91. The molecule has 0 saturated carbocycles. The molecule has 2 aliphatic rings. The van der Waals surface area contributed by atoms with E-state index in [1.807, 2.05) is 14.1 Å². The van der Waals surface area contributed by atoms with Gasteiger partial charge in [0.1, 0.15) is 12.2 Å². The molecule has 4 nitrogen and oxygen atoms in total. The zero-order chi connectivity index (χ0) is 13.1. The van der Waals surface area contributed by atoms with E-state index in [1.54, 1.807) is 12.5 Å². The normalized spacial score (nSPS) is 25.7. The van der Waals surface area contributed by atoms with Crippen molar-refractivity contribution in [3.63, 3.8) is 0 Å². The number of likely N-dealkylation sites (N-methyl/N-ethyl adjacent to an activating group) is 2. The van der Waals surface area contributed by atoms with Crippen LogP contribution in [0, 0.1) is 0 Å². The van der Waals surface area contributed by atoms with Crippen molar-refractivity contribution in [1.82, 2.24) is 10.6 Å². The molecule has 0 amide bonds. The number of hydrogen-bond donors (Lipinski definition) is 2. The summed E-state index contributed by atoms with van der Waals surface area (Å²) in [6, 6.07) is 0. The van der Waals surface area contributed by atoms with Crippen LogP contribution in [-0.4, -0.2) is 39.4 Å². The van der Waals surface area contributed by atoms with Crippen molar-refractivity contribution in [2.45, 2.75) is 37.9 Å². The van der Waals surface area contributed by atoms with Gasteiger partial charge in [-0.3, -0.25) is 0 Å². The summed E-state index contributed by atoms with van der Waals surface area (Å²) in [6.45, 7) is 1.93. The number of nitrogens with one attached hydrogen (secondary N) is 2. The molecular formula is C14H26N2O2. The van der Waals surface area contributed by atoms with E-state index in [0.717, 1.165) is 38.8 Å². The molecule has 1 unspecified atom stereocenters. The Balaban J connectivity index is 0.000000180. The van der Waals surface area contributed by atoms with Crippen molar-refractivity contribution in [2.75, 3.05) is 27.2 Å². The molecule has 4 heteroatoms. The van der Waals surface area contributed by atoms with Gasteiger partial charge in [0.2, 0.25) is 0 Å². The monoisotopic (exact) mass is 254 g/mol. The third kappa shape index (κ3) is 6.67. The SMILES string of the molecule is CNCC1CCC=CO1.CNC[C@H]1CCC=CO1. The number of hydrogen-bond acceptors (Lipinski definition) is 4. The average Bonchev–Trinajstić information content (AvgIpc) is 2.43. The van der Waals surface area contributed by atoms with Gasteiger partial charge in [-0.2, -0.15) is 0 Å². The Morgan fingerprint density at radius 2 is 1.33 bits per heavy atom. The molecule has 0 radical (unpaired) electrons. The molecule has 0 aromatic heterocycles. The zero-order valence-corrected chi connectivity index (χ0v) is 11.5. The molecule has 0 aromatic carbocycles. The van der Waals surface area contributed by atoms with Gasteiger partial charge >= 0.3 is 0 Å². The molecule has 0 saturated heterocycles. The predicted molar refractivity (Wildman–Crippen MR) is 74.3 cm³/mol. The van der Waals surface area contributed by atoms with E-state index >= 15 is 0 Å². The highest BCUT2D eigenvalue weighted by molar-refractivity contribution is 4.83. The molecule has 2 aliphatic heterocycles. The fourth-order valence-electron chi connectivity index (χ4n) is 1.93. The van der Waals surface area contributed by atoms with Gasteiger partial charge in [0.15, 0.2) is 0 Å². The Morgan fingerprint density at radius 1 is 0.889 bits per heavy atom. The summed E-state index contributed by atoms with van der Waals surface area (Å²) in [6.07, 6.45) is 13.1. The van der Waals surface area contributed by atoms with E-state index in [2.05, 4.69) is 22.8 Å². The van der Waals surface area contributed by atoms with Gasteiger partial charge in [-0.25, -0.2) is 0 Å². The summed E-state index contributed by atoms with van der Waals surface area (Å²) in [4.78, 5) is 0. The van der Waals surface area contributed by atoms with Crippen LogP contribution in [0.15, 0.2) is 24.7 Å². The standard InChI is InChI=1S/2C7H13NO/c2*1-8-6-7-4-2-3-5-9-7/h2*3,5,7-8H,2,4,6H2,1H3/t7-;/m1./s1. The Hall–Kier alpha value is -1.00. The lowest BCUT2D eigenvalue weighted by Gasteiger charge is -2.18. The van der Waals surface area contributed by atoms with Gasteiger partial charge < -0.3 is 20.1 Å². The maximum Gasteiger partial charge on any atom is 0.110 e. The van der Waals surface area contributed by atoms with Crippen molar-refractivity contribution in [1.29, 1.82) is 0 Å². The Morgan fingerprint density at radius 3 is 1.61 bits per heavy atom. The topological polar surface area (TPSA) is 42.5 Å². The summed E-state index contributed by atoms with van der Waals surface area (Å²) in [5.74, 6) is 0. The molecule has 2 heterocycles. The van der Waals surface area contributed by atoms with Crippen LogP contribution in [0.3, 0.4) is 0 Å². The first kappa shape index (κ1) is 15.1. The van der Waals surface area contributed by atoms with Crippen LogP contribution in [0.1, 0.15) is 25.7 Å². The van der Waals surface area contributed by atoms with E-state index in [4.69, 9.17) is 9.47 Å². The molecule has 0 spiro atoms. The first-order valence-electron chi connectivity index (χ1n) is 6.77. The highest BCUT2D eigenvalue weighted by Crippen LogP contribution is 2.08. The molecular weight excluding hydrogens is 228 g/mol. The summed E-state index contributed by atoms with van der Waals surface area (Å²) in [5.41, 5.74) is 0. The van der Waals surface area contributed by atoms with E-state index in [0.29, 0.717) is 12.2 Å². The van der Waals surface area contributed by atoms with Crippen molar-refractivity contribution in [3.8, 4) is 0 Å². The van der Waals surface area contributed by atoms with Crippen molar-refractivity contribution in [3.05, 3.63) is 24.7 Å². The summed E-state index contributed by atoms with van der Waals surface area (Å²) < 4.78 is 10.6. The largest absolute Gasteiger partial charge is 0.497 e. The van der Waals surface area contributed by atoms with E-state index in [9.17, 15) is 0 Å². The summed E-state index contributed by atoms with van der Waals surface area (Å²) in [5, 5.41) is 6.16. The smallest absolute Gasteiger partial charge is 0.110 e. The lowest BCUT2D eigenvalue weighted by atomic mass is 10.1. The number of ether oxygens (including phenoxy) is 2. The minimum absolute atomic E-state index is 0.403. The van der Waals surface area contributed by atoms with E-state index in [1.165, 1.54) is 0 Å². The van der Waals surface area contributed by atoms with Crippen LogP contribution >= 0.6 is 0 Å². The number of allylic oxidation sites excluding steroid dienone is 2. The lowest BCUT2D eigenvalue weighted by molar-refractivity contribution is 0.124. The van der Waals surface area contributed by atoms with E-state index in [-0.39, 0.29) is 0 Å². The quantitative estimate of drug-likeness (QED) is 0.803. The molecule has 2 rings (SSSR count). The second-order valence-corrected chi connectivity index (χ2v) is 4.53. The second kappa shape index (κ2) is 9.97. The van der Waals surface area contributed by atoms with Gasteiger partial charge in [-0.15, -0.1) is 0 Å². The highest BCUT2D eigenvalue weighted by atomic mass is 16.5. The van der Waals surface area contributed by atoms with E-state index < -0.39 is 0 Å². The van der Waals surface area contributed by atoms with Crippen LogP contribution in [-0.2, 0) is 9.47 Å². The average molecular weight is 254 g/mol. The van der Waals surface area contributed by atoms with Crippen LogP contribution in [0.25, 0.3) is 0 Å². The van der Waals surface area contributed by atoms with Crippen molar-refractivity contribution < 1.29 is 9.47 Å². The second-order valence-electron chi connectivity index (χ2n) is 4.53. The summed E-state index contributed by atoms with van der Waals surface area (Å²) in [7, 11) is 3.89. The van der Waals surface area contributed by atoms with Gasteiger partial charge in [0.05, 0.1) is 12.5 Å². The zero-order valence-electron chi connectivity index (χ0n) is 11.5. The maximum absolute atomic E-state index is 5.28. The van der Waals surface area contributed by atoms with Crippen LogP contribution < -0.4 is 10.6 Å². The summed E-state index contributed by atoms with van der Waals surface area (Å²) >= 11 is 0. The molecule has 0 aromatic rings. The van der Waals surface area contributed by atoms with Gasteiger partial charge in [-0.1, -0.05) is 0 Å². The molecule has 0 fully saturated rings. The van der Waals surface area contributed by atoms with Gasteiger partial charge in [-0.05, 0) is 51.9 Å². The van der Waals surface area contributed by atoms with Gasteiger partial charge in [0, 0.05) is 13.1 Å². The lowest BCUT2D eigenvalue weighted by Crippen LogP contribution is -2.26. The Labute approximate surface area is 110 Å². The molecule has 0 aliphatic carbocycles. The van der Waals surface area contributed by atoms with Crippen molar-refractivity contribution >= 4 is 0 Å².